The van der Waals surface area contributed by atoms with E-state index in [0.29, 0.717) is 6.61 Å². The Kier molecular flexibility index (Phi) is 7.16. The van der Waals surface area contributed by atoms with E-state index in [0.717, 1.165) is 6.61 Å². The van der Waals surface area contributed by atoms with E-state index < -0.39 is 9.53 Å². The number of hydrogen-bond acceptors (Lipinski definition) is 7. The van der Waals surface area contributed by atoms with Crippen molar-refractivity contribution in [2.24, 2.45) is 0 Å². The predicted molar refractivity (Wildman–Crippen MR) is 59.6 cm³/mol. The molecule has 2 fully saturated rings. The first kappa shape index (κ1) is 15.0. The van der Waals surface area contributed by atoms with E-state index in [1.165, 1.54) is 0 Å². The van der Waals surface area contributed by atoms with Crippen LogP contribution in [0.15, 0.2) is 0 Å². The molecule has 0 aromatic heterocycles. The number of hydrogen-bond donors (Lipinski definition) is 1. The molecule has 3 atom stereocenters. The van der Waals surface area contributed by atoms with Gasteiger partial charge in [-0.15, -0.1) is 0 Å². The number of rotatable bonds is 7. The summed E-state index contributed by atoms with van der Waals surface area (Å²) in [5.74, 6) is 0. The lowest BCUT2D eigenvalue weighted by Gasteiger charge is -2.05. The van der Waals surface area contributed by atoms with Gasteiger partial charge in [-0.05, 0) is 0 Å². The van der Waals surface area contributed by atoms with Crippen molar-refractivity contribution < 1.29 is 32.6 Å². The number of aliphatic hydroxyl groups is 1. The zero-order valence-electron chi connectivity index (χ0n) is 10.3. The van der Waals surface area contributed by atoms with Gasteiger partial charge in [0.1, 0.15) is 12.2 Å². The summed E-state index contributed by atoms with van der Waals surface area (Å²) in [4.78, 5) is 0. The minimum Gasteiger partial charge on any atom is -0.393 e. The van der Waals surface area contributed by atoms with Gasteiger partial charge in [-0.1, -0.05) is 0 Å². The van der Waals surface area contributed by atoms with Crippen LogP contribution in [0.3, 0.4) is 0 Å². The minimum absolute atomic E-state index is 0.0518. The Hall–Kier alpha value is -0.0631. The molecule has 0 aromatic carbocycles. The highest BCUT2D eigenvalue weighted by Gasteiger charge is 2.40. The van der Waals surface area contributed by atoms with Gasteiger partial charge in [0.2, 0.25) is 0 Å². The summed E-state index contributed by atoms with van der Waals surface area (Å²) in [6, 6.07) is 0. The predicted octanol–water partition coefficient (Wildman–Crippen LogP) is -1.24. The third-order valence-electron chi connectivity index (χ3n) is 2.14. The minimum atomic E-state index is -1.67. The average Bonchev–Trinajstić information content (AvgIpc) is 3.24. The largest absolute Gasteiger partial charge is 0.483 e. The Morgan fingerprint density at radius 3 is 2.12 bits per heavy atom. The molecule has 0 amide bonds. The molecule has 2 rings (SSSR count). The summed E-state index contributed by atoms with van der Waals surface area (Å²) in [5, 5.41) is 8.52. The van der Waals surface area contributed by atoms with Crippen LogP contribution in [0.5, 0.6) is 0 Å². The molecule has 0 radical (unpaired) electrons. The fourth-order valence-corrected chi connectivity index (χ4v) is 1.64. The highest BCUT2D eigenvalue weighted by molar-refractivity contribution is 6.36. The van der Waals surface area contributed by atoms with E-state index in [-0.39, 0.29) is 25.1 Å². The summed E-state index contributed by atoms with van der Waals surface area (Å²) in [5.41, 5.74) is 0. The van der Waals surface area contributed by atoms with Gasteiger partial charge in [0.25, 0.3) is 0 Å². The van der Waals surface area contributed by atoms with Gasteiger partial charge in [0.15, 0.2) is 6.29 Å². The maximum absolute atomic E-state index is 8.52. The van der Waals surface area contributed by atoms with E-state index in [4.69, 9.17) is 32.6 Å². The van der Waals surface area contributed by atoms with Gasteiger partial charge in [-0.3, -0.25) is 0 Å². The van der Waals surface area contributed by atoms with Crippen LogP contribution in [-0.2, 0) is 27.5 Å². The van der Waals surface area contributed by atoms with Gasteiger partial charge in [-0.2, -0.15) is 0 Å². The van der Waals surface area contributed by atoms with Crippen molar-refractivity contribution >= 4 is 9.53 Å². The third-order valence-corrected chi connectivity index (χ3v) is 3.30. The lowest BCUT2D eigenvalue weighted by molar-refractivity contribution is 0.0405. The fourth-order valence-electron chi connectivity index (χ4n) is 1.06. The molecule has 2 saturated heterocycles. The first-order chi connectivity index (χ1) is 8.24. The molecule has 2 aliphatic heterocycles. The molecule has 0 aliphatic carbocycles. The van der Waals surface area contributed by atoms with Gasteiger partial charge in [-0.25, -0.2) is 0 Å². The number of ether oxygens (including phenoxy) is 3. The summed E-state index contributed by atoms with van der Waals surface area (Å²) >= 11 is 0. The van der Waals surface area contributed by atoms with Crippen LogP contribution in [0.25, 0.3) is 0 Å². The molecule has 0 saturated carbocycles. The zero-order valence-corrected chi connectivity index (χ0v) is 11.5. The Labute approximate surface area is 102 Å². The van der Waals surface area contributed by atoms with Gasteiger partial charge in [0.05, 0.1) is 19.8 Å². The highest BCUT2D eigenvalue weighted by Crippen LogP contribution is 2.23. The molecule has 102 valence electrons. The van der Waals surface area contributed by atoms with Gasteiger partial charge in [0, 0.05) is 21.3 Å². The molecule has 0 spiro atoms. The van der Waals surface area contributed by atoms with Crippen LogP contribution < -0.4 is 0 Å². The number of epoxide rings is 2. The molecule has 7 nitrogen and oxygen atoms in total. The maximum Gasteiger partial charge on any atom is 0.483 e. The lowest BCUT2D eigenvalue weighted by Crippen LogP contribution is -2.21. The van der Waals surface area contributed by atoms with Gasteiger partial charge < -0.3 is 32.6 Å². The van der Waals surface area contributed by atoms with Crippen molar-refractivity contribution in [3.05, 3.63) is 0 Å². The van der Waals surface area contributed by atoms with Crippen LogP contribution in [0.1, 0.15) is 0 Å². The average molecular weight is 268 g/mol. The molecule has 0 bridgehead atoms. The third kappa shape index (κ3) is 6.43. The van der Waals surface area contributed by atoms with Crippen molar-refractivity contribution in [1.29, 1.82) is 0 Å². The quantitative estimate of drug-likeness (QED) is 0.457. The van der Waals surface area contributed by atoms with E-state index in [1.807, 2.05) is 0 Å². The molecule has 0 aromatic rings. The van der Waals surface area contributed by atoms with Crippen LogP contribution >= 0.6 is 0 Å². The summed E-state index contributed by atoms with van der Waals surface area (Å²) in [6.45, 7) is 1.45. The Morgan fingerprint density at radius 2 is 1.82 bits per heavy atom. The van der Waals surface area contributed by atoms with Crippen LogP contribution in [0.4, 0.5) is 0 Å². The van der Waals surface area contributed by atoms with Crippen LogP contribution in [0.2, 0.25) is 0 Å². The normalized spacial score (nSPS) is 29.8. The van der Waals surface area contributed by atoms with Gasteiger partial charge >= 0.3 is 9.53 Å². The van der Waals surface area contributed by atoms with E-state index in [2.05, 4.69) is 0 Å². The molecule has 2 aliphatic rings. The van der Waals surface area contributed by atoms with Crippen molar-refractivity contribution in [1.82, 2.24) is 0 Å². The second-order valence-corrected chi connectivity index (χ2v) is 5.50. The van der Waals surface area contributed by atoms with Crippen molar-refractivity contribution in [3.63, 3.8) is 0 Å². The second-order valence-electron chi connectivity index (χ2n) is 3.51. The van der Waals surface area contributed by atoms with E-state index >= 15 is 0 Å². The van der Waals surface area contributed by atoms with Crippen LogP contribution in [0, 0.1) is 0 Å². The second kappa shape index (κ2) is 8.11. The first-order valence-electron chi connectivity index (χ1n) is 5.33. The Balaban J connectivity index is 0.000000185. The highest BCUT2D eigenvalue weighted by atomic mass is 28.3. The monoisotopic (exact) mass is 268 g/mol. The van der Waals surface area contributed by atoms with E-state index in [1.54, 1.807) is 21.3 Å². The molecule has 1 N–H and O–H groups in total. The summed E-state index contributed by atoms with van der Waals surface area (Å²) in [6.07, 6.45) is 0.0245. The Morgan fingerprint density at radius 1 is 1.24 bits per heavy atom. The van der Waals surface area contributed by atoms with Crippen molar-refractivity contribution in [3.8, 4) is 0 Å². The lowest BCUT2D eigenvalue weighted by atomic mass is 10.5. The smallest absolute Gasteiger partial charge is 0.393 e. The van der Waals surface area contributed by atoms with E-state index in [9.17, 15) is 0 Å². The maximum atomic E-state index is 8.52. The molecule has 17 heavy (non-hydrogen) atoms. The SMILES string of the molecule is CO[SiH](OC)OC.OCC1OC1OCC1CO1. The van der Waals surface area contributed by atoms with Crippen molar-refractivity contribution in [2.45, 2.75) is 18.5 Å². The molecular formula is C9H20O7Si. The summed E-state index contributed by atoms with van der Waals surface area (Å²) in [7, 11) is 3.05. The molecular weight excluding hydrogens is 248 g/mol. The first-order valence-corrected chi connectivity index (χ1v) is 6.74. The van der Waals surface area contributed by atoms with Crippen LogP contribution in [-0.4, -0.2) is 74.3 Å². The zero-order chi connectivity index (χ0) is 12.7. The molecule has 3 unspecified atom stereocenters. The molecule has 2 heterocycles. The van der Waals surface area contributed by atoms with Crippen molar-refractivity contribution in [2.75, 3.05) is 41.2 Å². The topological polar surface area (TPSA) is 82.2 Å². The summed E-state index contributed by atoms with van der Waals surface area (Å²) < 4.78 is 29.2. The molecule has 8 heteroatoms. The number of aliphatic hydroxyl groups excluding tert-OH is 1. The fraction of sp³-hybridized carbons (Fsp3) is 1.00. The standard InChI is InChI=1S/C6H10O4.C3H10O3Si/c7-1-5-6(10-5)9-3-4-2-8-4;1-4-7(5-2)6-3/h4-7H,1-3H2;7H,1-3H3. The Bertz CT molecular complexity index is 192.